The highest BCUT2D eigenvalue weighted by Crippen LogP contribution is 2.41. The molecule has 3 nitrogen and oxygen atoms in total. The number of nitrogens with two attached hydrogens (primary N) is 1. The molecule has 0 aromatic rings. The van der Waals surface area contributed by atoms with Crippen LogP contribution in [-0.2, 0) is 4.79 Å². The van der Waals surface area contributed by atoms with E-state index in [-0.39, 0.29) is 18.9 Å². The third-order valence-corrected chi connectivity index (χ3v) is 3.84. The van der Waals surface area contributed by atoms with E-state index in [0.29, 0.717) is 25.7 Å². The molecule has 3 N–H and O–H groups in total. The van der Waals surface area contributed by atoms with E-state index < -0.39 is 23.5 Å². The van der Waals surface area contributed by atoms with Gasteiger partial charge in [-0.05, 0) is 32.1 Å². The van der Waals surface area contributed by atoms with Gasteiger partial charge in [-0.3, -0.25) is 4.79 Å². The summed E-state index contributed by atoms with van der Waals surface area (Å²) in [6, 6.07) is -0.231. The molecule has 6 heteroatoms. The maximum Gasteiger partial charge on any atom is 0.391 e. The first-order valence-electron chi connectivity index (χ1n) is 5.98. The molecule has 17 heavy (non-hydrogen) atoms. The van der Waals surface area contributed by atoms with Crippen molar-refractivity contribution in [1.29, 1.82) is 0 Å². The molecule has 1 amide bonds. The first-order chi connectivity index (χ1) is 7.83. The number of halogens is 3. The number of amides is 1. The second kappa shape index (κ2) is 4.15. The second-order valence-corrected chi connectivity index (χ2v) is 5.19. The van der Waals surface area contributed by atoms with Crippen LogP contribution in [0.5, 0.6) is 0 Å². The molecule has 0 saturated heterocycles. The zero-order valence-corrected chi connectivity index (χ0v) is 9.52. The Morgan fingerprint density at radius 3 is 2.41 bits per heavy atom. The number of alkyl halides is 3. The highest BCUT2D eigenvalue weighted by molar-refractivity contribution is 5.87. The van der Waals surface area contributed by atoms with Crippen LogP contribution >= 0.6 is 0 Å². The second-order valence-electron chi connectivity index (χ2n) is 5.19. The van der Waals surface area contributed by atoms with Crippen LogP contribution in [0.1, 0.15) is 38.5 Å². The lowest BCUT2D eigenvalue weighted by atomic mass is 9.85. The predicted octanol–water partition coefficient (Wildman–Crippen LogP) is 1.71. The van der Waals surface area contributed by atoms with Gasteiger partial charge in [-0.15, -0.1) is 0 Å². The van der Waals surface area contributed by atoms with Gasteiger partial charge in [-0.2, -0.15) is 13.2 Å². The molecule has 2 aliphatic carbocycles. The van der Waals surface area contributed by atoms with Crippen molar-refractivity contribution in [3.05, 3.63) is 0 Å². The summed E-state index contributed by atoms with van der Waals surface area (Å²) < 4.78 is 37.8. The fraction of sp³-hybridized carbons (Fsp3) is 0.909. The van der Waals surface area contributed by atoms with E-state index in [1.54, 1.807) is 0 Å². The van der Waals surface area contributed by atoms with Crippen molar-refractivity contribution in [1.82, 2.24) is 5.32 Å². The Labute approximate surface area is 97.9 Å². The number of hydrogen-bond acceptors (Lipinski definition) is 2. The van der Waals surface area contributed by atoms with E-state index in [0.717, 1.165) is 0 Å². The van der Waals surface area contributed by atoms with Crippen molar-refractivity contribution >= 4 is 5.91 Å². The predicted molar refractivity (Wildman–Crippen MR) is 56.1 cm³/mol. The number of hydrogen-bond donors (Lipinski definition) is 2. The van der Waals surface area contributed by atoms with Gasteiger partial charge >= 0.3 is 6.18 Å². The number of carbonyl (C=O) groups excluding carboxylic acids is 1. The summed E-state index contributed by atoms with van der Waals surface area (Å²) in [6.07, 6.45) is -1.31. The van der Waals surface area contributed by atoms with E-state index in [2.05, 4.69) is 5.32 Å². The number of nitrogens with one attached hydrogen (secondary N) is 1. The van der Waals surface area contributed by atoms with Crippen molar-refractivity contribution in [2.75, 3.05) is 0 Å². The Morgan fingerprint density at radius 2 is 1.94 bits per heavy atom. The molecule has 2 aliphatic rings. The molecule has 2 rings (SSSR count). The third kappa shape index (κ3) is 2.73. The molecule has 0 radical (unpaired) electrons. The van der Waals surface area contributed by atoms with E-state index in [4.69, 9.17) is 5.73 Å². The number of rotatable bonds is 3. The molecule has 0 unspecified atom stereocenters. The van der Waals surface area contributed by atoms with Gasteiger partial charge in [0, 0.05) is 6.04 Å². The molecular weight excluding hydrogens is 233 g/mol. The van der Waals surface area contributed by atoms with Gasteiger partial charge < -0.3 is 11.1 Å². The van der Waals surface area contributed by atoms with Gasteiger partial charge in [0.2, 0.25) is 5.91 Å². The van der Waals surface area contributed by atoms with Crippen molar-refractivity contribution in [3.8, 4) is 0 Å². The maximum atomic E-state index is 12.6. The normalized spacial score (nSPS) is 32.2. The van der Waals surface area contributed by atoms with Gasteiger partial charge in [-0.1, -0.05) is 6.42 Å². The number of carbonyl (C=O) groups is 1. The zero-order valence-electron chi connectivity index (χ0n) is 9.52. The highest BCUT2D eigenvalue weighted by Gasteiger charge is 2.51. The maximum absolute atomic E-state index is 12.6. The van der Waals surface area contributed by atoms with Crippen molar-refractivity contribution in [3.63, 3.8) is 0 Å². The molecule has 2 saturated carbocycles. The molecule has 0 aliphatic heterocycles. The third-order valence-electron chi connectivity index (χ3n) is 3.84. The highest BCUT2D eigenvalue weighted by atomic mass is 19.4. The van der Waals surface area contributed by atoms with Gasteiger partial charge in [0.1, 0.15) is 0 Å². The van der Waals surface area contributed by atoms with Gasteiger partial charge in [-0.25, -0.2) is 0 Å². The fourth-order valence-corrected chi connectivity index (χ4v) is 2.60. The molecule has 2 atom stereocenters. The summed E-state index contributed by atoms with van der Waals surface area (Å²) in [4.78, 5) is 11.2. The first-order valence-corrected chi connectivity index (χ1v) is 5.98. The Hall–Kier alpha value is -0.780. The largest absolute Gasteiger partial charge is 0.391 e. The summed E-state index contributed by atoms with van der Waals surface area (Å²) in [7, 11) is 0. The van der Waals surface area contributed by atoms with Crippen LogP contribution in [0.2, 0.25) is 0 Å². The monoisotopic (exact) mass is 250 g/mol. The summed E-state index contributed by atoms with van der Waals surface area (Å²) in [5.41, 5.74) is 4.54. The SMILES string of the molecule is NC(=O)C1(N[C@H]2CCC[C@@H](C(F)(F)F)C2)CC1. The van der Waals surface area contributed by atoms with Crippen molar-refractivity contribution in [2.24, 2.45) is 11.7 Å². The van der Waals surface area contributed by atoms with E-state index in [9.17, 15) is 18.0 Å². The standard InChI is InChI=1S/C11H17F3N2O/c12-11(13,14)7-2-1-3-8(6-7)16-10(4-5-10)9(15)17/h7-8,16H,1-6H2,(H2,15,17)/t7-,8+/m1/s1. The number of primary amides is 1. The summed E-state index contributed by atoms with van der Waals surface area (Å²) >= 11 is 0. The molecule has 0 aromatic heterocycles. The fourth-order valence-electron chi connectivity index (χ4n) is 2.60. The van der Waals surface area contributed by atoms with Crippen molar-refractivity contribution in [2.45, 2.75) is 56.3 Å². The van der Waals surface area contributed by atoms with Crippen LogP contribution < -0.4 is 11.1 Å². The topological polar surface area (TPSA) is 55.1 Å². The molecule has 98 valence electrons. The summed E-state index contributed by atoms with van der Waals surface area (Å²) in [6.45, 7) is 0. The van der Waals surface area contributed by atoms with Crippen LogP contribution in [0.4, 0.5) is 13.2 Å². The van der Waals surface area contributed by atoms with Gasteiger partial charge in [0.05, 0.1) is 11.5 Å². The average molecular weight is 250 g/mol. The van der Waals surface area contributed by atoms with Crippen molar-refractivity contribution < 1.29 is 18.0 Å². The Bertz CT molecular complexity index is 312. The van der Waals surface area contributed by atoms with E-state index >= 15 is 0 Å². The molecule has 0 aromatic carbocycles. The smallest absolute Gasteiger partial charge is 0.368 e. The van der Waals surface area contributed by atoms with Gasteiger partial charge in [0.15, 0.2) is 0 Å². The molecular formula is C11H17F3N2O. The Balaban J connectivity index is 1.92. The molecule has 0 heterocycles. The lowest BCUT2D eigenvalue weighted by Crippen LogP contribution is -2.50. The lowest BCUT2D eigenvalue weighted by molar-refractivity contribution is -0.183. The lowest BCUT2D eigenvalue weighted by Gasteiger charge is -2.33. The molecule has 0 spiro atoms. The van der Waals surface area contributed by atoms with E-state index in [1.165, 1.54) is 0 Å². The molecule has 0 bridgehead atoms. The Morgan fingerprint density at radius 1 is 1.29 bits per heavy atom. The van der Waals surface area contributed by atoms with Crippen LogP contribution in [0.15, 0.2) is 0 Å². The molecule has 2 fully saturated rings. The Kier molecular flexibility index (Phi) is 3.10. The van der Waals surface area contributed by atoms with Crippen LogP contribution in [0.3, 0.4) is 0 Å². The van der Waals surface area contributed by atoms with Gasteiger partial charge in [0.25, 0.3) is 0 Å². The minimum absolute atomic E-state index is 0.0680. The van der Waals surface area contributed by atoms with E-state index in [1.807, 2.05) is 0 Å². The minimum Gasteiger partial charge on any atom is -0.368 e. The summed E-state index contributed by atoms with van der Waals surface area (Å²) in [5, 5.41) is 3.03. The summed E-state index contributed by atoms with van der Waals surface area (Å²) in [5.74, 6) is -1.68. The minimum atomic E-state index is -4.12. The van der Waals surface area contributed by atoms with Crippen LogP contribution in [0.25, 0.3) is 0 Å². The first kappa shape index (κ1) is 12.7. The van der Waals surface area contributed by atoms with Crippen LogP contribution in [-0.4, -0.2) is 23.7 Å². The average Bonchev–Trinajstić information content (AvgIpc) is 2.98. The van der Waals surface area contributed by atoms with Crippen LogP contribution in [0, 0.1) is 5.92 Å². The zero-order chi connectivity index (χ0) is 12.7. The quantitative estimate of drug-likeness (QED) is 0.801.